The molecule has 2 heterocycles. The number of hydrogen-bond acceptors (Lipinski definition) is 4. The van der Waals surface area contributed by atoms with Gasteiger partial charge in [-0.2, -0.15) is 18.3 Å². The maximum atomic E-state index is 13.0. The molecular formula is C18H14F3N5O2. The highest BCUT2D eigenvalue weighted by molar-refractivity contribution is 6.07. The first-order chi connectivity index (χ1) is 13.2. The molecule has 2 amide bonds. The number of hydrogen-bond donors (Lipinski definition) is 2. The third-order valence-electron chi connectivity index (χ3n) is 3.65. The number of amides is 2. The van der Waals surface area contributed by atoms with Crippen molar-refractivity contribution in [1.29, 1.82) is 0 Å². The molecular weight excluding hydrogens is 375 g/mol. The van der Waals surface area contributed by atoms with Crippen molar-refractivity contribution in [3.05, 3.63) is 66.1 Å². The Morgan fingerprint density at radius 2 is 1.86 bits per heavy atom. The van der Waals surface area contributed by atoms with E-state index in [0.717, 1.165) is 18.2 Å². The third-order valence-corrected chi connectivity index (χ3v) is 3.65. The summed E-state index contributed by atoms with van der Waals surface area (Å²) in [5.74, 6) is -0.689. The van der Waals surface area contributed by atoms with Crippen molar-refractivity contribution in [1.82, 2.24) is 14.8 Å². The number of nitrogens with zero attached hydrogens (tertiary/aromatic N) is 3. The Morgan fingerprint density at radius 1 is 1.07 bits per heavy atom. The van der Waals surface area contributed by atoms with Crippen LogP contribution in [0.1, 0.15) is 22.8 Å². The summed E-state index contributed by atoms with van der Waals surface area (Å²) in [6, 6.07) is 7.38. The maximum absolute atomic E-state index is 13.0. The van der Waals surface area contributed by atoms with Gasteiger partial charge < -0.3 is 10.6 Å². The average molecular weight is 389 g/mol. The molecule has 0 aliphatic carbocycles. The van der Waals surface area contributed by atoms with E-state index in [2.05, 4.69) is 20.7 Å². The van der Waals surface area contributed by atoms with Crippen molar-refractivity contribution in [3.8, 4) is 5.82 Å². The topological polar surface area (TPSA) is 88.9 Å². The van der Waals surface area contributed by atoms with Gasteiger partial charge in [0.2, 0.25) is 5.91 Å². The van der Waals surface area contributed by atoms with E-state index in [0.29, 0.717) is 5.82 Å². The molecule has 0 aliphatic rings. The zero-order valence-corrected chi connectivity index (χ0v) is 14.5. The SMILES string of the molecule is CC(=O)Nc1ccc(C(F)(F)F)cc1NC(=O)c1ccc(-n2cccn2)nc1. The zero-order valence-electron chi connectivity index (χ0n) is 14.5. The number of halogens is 3. The smallest absolute Gasteiger partial charge is 0.325 e. The predicted octanol–water partition coefficient (Wildman–Crippen LogP) is 3.50. The molecule has 3 rings (SSSR count). The molecule has 0 atom stereocenters. The van der Waals surface area contributed by atoms with Crippen molar-refractivity contribution >= 4 is 23.2 Å². The van der Waals surface area contributed by atoms with Crippen LogP contribution in [0.5, 0.6) is 0 Å². The average Bonchev–Trinajstić information content (AvgIpc) is 3.16. The molecule has 0 unspecified atom stereocenters. The van der Waals surface area contributed by atoms with Gasteiger partial charge in [-0.3, -0.25) is 9.59 Å². The number of benzene rings is 1. The summed E-state index contributed by atoms with van der Waals surface area (Å²) < 4.78 is 40.4. The van der Waals surface area contributed by atoms with Gasteiger partial charge in [0.25, 0.3) is 5.91 Å². The number of carbonyl (C=O) groups excluding carboxylic acids is 2. The zero-order chi connectivity index (χ0) is 20.3. The number of anilines is 2. The van der Waals surface area contributed by atoms with Gasteiger partial charge >= 0.3 is 6.18 Å². The summed E-state index contributed by atoms with van der Waals surface area (Å²) >= 11 is 0. The fourth-order valence-electron chi connectivity index (χ4n) is 2.38. The highest BCUT2D eigenvalue weighted by Gasteiger charge is 2.31. The molecule has 2 aromatic heterocycles. The van der Waals surface area contributed by atoms with E-state index in [9.17, 15) is 22.8 Å². The summed E-state index contributed by atoms with van der Waals surface area (Å²) in [5.41, 5.74) is -0.952. The van der Waals surface area contributed by atoms with Gasteiger partial charge in [-0.25, -0.2) is 9.67 Å². The van der Waals surface area contributed by atoms with Crippen LogP contribution in [0.2, 0.25) is 0 Å². The Morgan fingerprint density at radius 3 is 2.43 bits per heavy atom. The summed E-state index contributed by atoms with van der Waals surface area (Å²) in [6.45, 7) is 1.21. The molecule has 0 aliphatic heterocycles. The van der Waals surface area contributed by atoms with Crippen LogP contribution >= 0.6 is 0 Å². The Balaban J connectivity index is 1.86. The van der Waals surface area contributed by atoms with E-state index in [1.165, 1.54) is 23.9 Å². The molecule has 10 heteroatoms. The second-order valence-electron chi connectivity index (χ2n) is 5.75. The van der Waals surface area contributed by atoms with Crippen LogP contribution < -0.4 is 10.6 Å². The highest BCUT2D eigenvalue weighted by atomic mass is 19.4. The van der Waals surface area contributed by atoms with Crippen LogP contribution in [0, 0.1) is 0 Å². The minimum Gasteiger partial charge on any atom is -0.325 e. The van der Waals surface area contributed by atoms with Crippen LogP contribution in [-0.4, -0.2) is 26.6 Å². The quantitative estimate of drug-likeness (QED) is 0.715. The van der Waals surface area contributed by atoms with Crippen molar-refractivity contribution in [2.24, 2.45) is 0 Å². The number of aromatic nitrogens is 3. The van der Waals surface area contributed by atoms with Gasteiger partial charge in [-0.15, -0.1) is 0 Å². The Hall–Kier alpha value is -3.69. The Labute approximate surface area is 157 Å². The number of alkyl halides is 3. The number of nitrogens with one attached hydrogen (secondary N) is 2. The lowest BCUT2D eigenvalue weighted by Crippen LogP contribution is -2.17. The Bertz CT molecular complexity index is 999. The summed E-state index contributed by atoms with van der Waals surface area (Å²) in [6.07, 6.45) is -0.0802. The first-order valence-corrected chi connectivity index (χ1v) is 8.00. The monoisotopic (exact) mass is 389 g/mol. The molecule has 0 fully saturated rings. The van der Waals surface area contributed by atoms with Gasteiger partial charge in [-0.05, 0) is 36.4 Å². The molecule has 0 radical (unpaired) electrons. The number of carbonyl (C=O) groups is 2. The van der Waals surface area contributed by atoms with E-state index >= 15 is 0 Å². The molecule has 2 N–H and O–H groups in total. The van der Waals surface area contributed by atoms with Crippen molar-refractivity contribution in [2.45, 2.75) is 13.1 Å². The van der Waals surface area contributed by atoms with E-state index in [1.807, 2.05) is 0 Å². The van der Waals surface area contributed by atoms with Crippen LogP contribution in [-0.2, 0) is 11.0 Å². The van der Waals surface area contributed by atoms with Crippen LogP contribution in [0.3, 0.4) is 0 Å². The van der Waals surface area contributed by atoms with E-state index in [-0.39, 0.29) is 16.9 Å². The summed E-state index contributed by atoms with van der Waals surface area (Å²) in [4.78, 5) is 27.8. The first kappa shape index (κ1) is 19.1. The minimum atomic E-state index is -4.60. The van der Waals surface area contributed by atoms with Gasteiger partial charge in [0.05, 0.1) is 22.5 Å². The highest BCUT2D eigenvalue weighted by Crippen LogP contribution is 2.34. The first-order valence-electron chi connectivity index (χ1n) is 8.00. The van der Waals surface area contributed by atoms with Crippen molar-refractivity contribution in [3.63, 3.8) is 0 Å². The molecule has 28 heavy (non-hydrogen) atoms. The third kappa shape index (κ3) is 4.34. The molecule has 144 valence electrons. The van der Waals surface area contributed by atoms with Gasteiger partial charge in [0.1, 0.15) is 0 Å². The second-order valence-corrected chi connectivity index (χ2v) is 5.75. The van der Waals surface area contributed by atoms with Gasteiger partial charge in [0, 0.05) is 25.5 Å². The summed E-state index contributed by atoms with van der Waals surface area (Å²) in [5, 5.41) is 8.78. The van der Waals surface area contributed by atoms with Gasteiger partial charge in [-0.1, -0.05) is 0 Å². The van der Waals surface area contributed by atoms with Gasteiger partial charge in [0.15, 0.2) is 5.82 Å². The molecule has 0 spiro atoms. The van der Waals surface area contributed by atoms with E-state index < -0.39 is 23.6 Å². The van der Waals surface area contributed by atoms with Crippen LogP contribution in [0.4, 0.5) is 24.5 Å². The number of pyridine rings is 1. The van der Waals surface area contributed by atoms with E-state index in [1.54, 1.807) is 24.5 Å². The second kappa shape index (κ2) is 7.51. The molecule has 0 saturated heterocycles. The van der Waals surface area contributed by atoms with Crippen molar-refractivity contribution in [2.75, 3.05) is 10.6 Å². The lowest BCUT2D eigenvalue weighted by Gasteiger charge is -2.15. The Kier molecular flexibility index (Phi) is 5.12. The standard InChI is InChI=1S/C18H14F3N5O2/c1-11(27)24-14-5-4-13(18(19,20)21)9-15(14)25-17(28)12-3-6-16(22-10-12)26-8-2-7-23-26/h2-10H,1H3,(H,24,27)(H,25,28). The molecule has 7 nitrogen and oxygen atoms in total. The normalized spacial score (nSPS) is 11.1. The molecule has 0 bridgehead atoms. The van der Waals surface area contributed by atoms with Crippen LogP contribution in [0.25, 0.3) is 5.82 Å². The molecule has 1 aromatic carbocycles. The van der Waals surface area contributed by atoms with E-state index in [4.69, 9.17) is 0 Å². The van der Waals surface area contributed by atoms with Crippen molar-refractivity contribution < 1.29 is 22.8 Å². The van der Waals surface area contributed by atoms with Crippen LogP contribution in [0.15, 0.2) is 55.0 Å². The minimum absolute atomic E-state index is 0.0509. The number of rotatable bonds is 4. The largest absolute Gasteiger partial charge is 0.416 e. The summed E-state index contributed by atoms with van der Waals surface area (Å²) in [7, 11) is 0. The molecule has 3 aromatic rings. The lowest BCUT2D eigenvalue weighted by molar-refractivity contribution is -0.137. The fraction of sp³-hybridized carbons (Fsp3) is 0.111. The maximum Gasteiger partial charge on any atom is 0.416 e. The lowest BCUT2D eigenvalue weighted by atomic mass is 10.1. The molecule has 0 saturated carbocycles. The predicted molar refractivity (Wildman–Crippen MR) is 95.1 cm³/mol. The fourth-order valence-corrected chi connectivity index (χ4v) is 2.38.